The maximum absolute atomic E-state index is 14.0. The lowest BCUT2D eigenvalue weighted by Crippen LogP contribution is -2.47. The number of aliphatic hydroxyl groups excluding tert-OH is 1. The van der Waals surface area contributed by atoms with Crippen LogP contribution >= 0.6 is 23.5 Å². The molecule has 1 aliphatic rings. The molecule has 1 fully saturated rings. The molecule has 1 aliphatic heterocycles. The SMILES string of the molecule is C[C@@H]1[C@H](n2cnc3c(N)ncnc32)O[C@](CF)(COP(=O)(O)OP(=O)(O)OP(=O)(O)O)[C@H]1O. The number of nitrogens with zero attached hydrogens (tertiary/aromatic N) is 4. The summed E-state index contributed by atoms with van der Waals surface area (Å²) in [6, 6.07) is 0. The van der Waals surface area contributed by atoms with E-state index < -0.39 is 60.6 Å². The summed E-state index contributed by atoms with van der Waals surface area (Å²) in [6.07, 6.45) is -0.361. The highest BCUT2D eigenvalue weighted by Gasteiger charge is 2.55. The zero-order valence-corrected chi connectivity index (χ0v) is 19.2. The van der Waals surface area contributed by atoms with Gasteiger partial charge in [-0.05, 0) is 0 Å². The summed E-state index contributed by atoms with van der Waals surface area (Å²) in [6.45, 7) is -1.17. The number of hydrogen-bond donors (Lipinski definition) is 6. The minimum absolute atomic E-state index is 0.0503. The molecule has 0 aliphatic carbocycles. The van der Waals surface area contributed by atoms with Crippen molar-refractivity contribution in [3.8, 4) is 0 Å². The molecular weight excluding hydrogens is 518 g/mol. The molecule has 0 aromatic carbocycles. The maximum atomic E-state index is 14.0. The van der Waals surface area contributed by atoms with Gasteiger partial charge in [-0.1, -0.05) is 6.92 Å². The molecule has 0 bridgehead atoms. The molecule has 21 heteroatoms. The van der Waals surface area contributed by atoms with Gasteiger partial charge in [-0.25, -0.2) is 33.0 Å². The van der Waals surface area contributed by atoms with E-state index in [1.165, 1.54) is 17.8 Å². The first-order valence-electron chi connectivity index (χ1n) is 8.73. The van der Waals surface area contributed by atoms with Gasteiger partial charge in [0.2, 0.25) is 0 Å². The Balaban J connectivity index is 1.80. The number of alkyl halides is 1. The number of phosphoric ester groups is 1. The van der Waals surface area contributed by atoms with Crippen molar-refractivity contribution in [2.24, 2.45) is 5.92 Å². The van der Waals surface area contributed by atoms with Crippen LogP contribution in [0.15, 0.2) is 12.7 Å². The van der Waals surface area contributed by atoms with Crippen LogP contribution in [-0.4, -0.2) is 69.2 Å². The maximum Gasteiger partial charge on any atom is 0.490 e. The molecule has 7 N–H and O–H groups in total. The third kappa shape index (κ3) is 5.65. The predicted octanol–water partition coefficient (Wildman–Crippen LogP) is -0.0141. The van der Waals surface area contributed by atoms with E-state index in [1.54, 1.807) is 0 Å². The number of phosphoric acid groups is 3. The summed E-state index contributed by atoms with van der Waals surface area (Å²) in [7, 11) is -16.9. The second kappa shape index (κ2) is 9.00. The van der Waals surface area contributed by atoms with E-state index in [2.05, 4.69) is 28.1 Å². The highest BCUT2D eigenvalue weighted by Crippen LogP contribution is 2.66. The average molecular weight is 537 g/mol. The standard InChI is InChI=1S/C12H19FN5O12P3/c1-6-8(19)12(2-13,3-27-32(23,24)30-33(25,26)29-31(20,21)22)28-11(6)18-5-17-7-9(14)15-4-16-10(7)18/h4-6,8,11,19H,2-3H2,1H3,(H,23,24)(H,25,26)(H2,14,15,16)(H2,20,21,22)/t6-,8-,11+,12+/m0/s1. The molecule has 17 nitrogen and oxygen atoms in total. The van der Waals surface area contributed by atoms with Crippen molar-refractivity contribution in [1.82, 2.24) is 19.5 Å². The highest BCUT2D eigenvalue weighted by molar-refractivity contribution is 7.66. The van der Waals surface area contributed by atoms with Gasteiger partial charge in [0.15, 0.2) is 11.5 Å². The number of hydrogen-bond acceptors (Lipinski definition) is 12. The minimum atomic E-state index is -5.78. The molecule has 0 spiro atoms. The van der Waals surface area contributed by atoms with Crippen molar-refractivity contribution >= 4 is 40.4 Å². The highest BCUT2D eigenvalue weighted by atomic mass is 31.3. The van der Waals surface area contributed by atoms with Crippen LogP contribution in [0.2, 0.25) is 0 Å². The lowest BCUT2D eigenvalue weighted by atomic mass is 9.92. The van der Waals surface area contributed by atoms with Crippen LogP contribution in [0.25, 0.3) is 11.2 Å². The number of halogens is 1. The van der Waals surface area contributed by atoms with Crippen molar-refractivity contribution in [1.29, 1.82) is 0 Å². The molecule has 2 aromatic rings. The normalized spacial score (nSPS) is 29.7. The number of nitrogen functional groups attached to an aromatic ring is 1. The van der Waals surface area contributed by atoms with Gasteiger partial charge in [-0.3, -0.25) is 9.09 Å². The summed E-state index contributed by atoms with van der Waals surface area (Å²) in [4.78, 5) is 47.8. The second-order valence-corrected chi connectivity index (χ2v) is 11.4. The zero-order valence-electron chi connectivity index (χ0n) is 16.5. The Morgan fingerprint density at radius 1 is 1.18 bits per heavy atom. The van der Waals surface area contributed by atoms with Crippen molar-refractivity contribution in [3.63, 3.8) is 0 Å². The second-order valence-electron chi connectivity index (χ2n) is 6.96. The molecular formula is C12H19FN5O12P3. The summed E-state index contributed by atoms with van der Waals surface area (Å²) in [5.41, 5.74) is 3.85. The topological polar surface area (TPSA) is 259 Å². The Hall–Kier alpha value is -1.39. The summed E-state index contributed by atoms with van der Waals surface area (Å²) < 4.78 is 66.7. The minimum Gasteiger partial charge on any atom is -0.389 e. The zero-order chi connectivity index (χ0) is 24.8. The number of aliphatic hydroxyl groups is 1. The number of imidazole rings is 1. The van der Waals surface area contributed by atoms with Crippen molar-refractivity contribution in [2.75, 3.05) is 19.0 Å². The Morgan fingerprint density at radius 3 is 2.45 bits per heavy atom. The van der Waals surface area contributed by atoms with Crippen molar-refractivity contribution in [2.45, 2.75) is 24.9 Å². The van der Waals surface area contributed by atoms with Crippen LogP contribution in [-0.2, 0) is 31.6 Å². The van der Waals surface area contributed by atoms with Gasteiger partial charge >= 0.3 is 23.5 Å². The average Bonchev–Trinajstić information content (AvgIpc) is 3.19. The van der Waals surface area contributed by atoms with Gasteiger partial charge in [0.1, 0.15) is 30.3 Å². The Morgan fingerprint density at radius 2 is 1.85 bits per heavy atom. The van der Waals surface area contributed by atoms with Gasteiger partial charge in [0.25, 0.3) is 0 Å². The van der Waals surface area contributed by atoms with Crippen LogP contribution < -0.4 is 5.73 Å². The number of aromatic nitrogens is 4. The molecule has 33 heavy (non-hydrogen) atoms. The van der Waals surface area contributed by atoms with Gasteiger partial charge in [0, 0.05) is 5.92 Å². The molecule has 3 rings (SSSR count). The predicted molar refractivity (Wildman–Crippen MR) is 104 cm³/mol. The van der Waals surface area contributed by atoms with Gasteiger partial charge in [-0.15, -0.1) is 0 Å². The number of fused-ring (bicyclic) bond motifs is 1. The third-order valence-corrected chi connectivity index (χ3v) is 8.40. The summed E-state index contributed by atoms with van der Waals surface area (Å²) in [5, 5.41) is 10.6. The number of rotatable bonds is 9. The smallest absolute Gasteiger partial charge is 0.389 e. The Kier molecular flexibility index (Phi) is 7.15. The first-order valence-corrected chi connectivity index (χ1v) is 13.2. The fraction of sp³-hybridized carbons (Fsp3) is 0.583. The van der Waals surface area contributed by atoms with E-state index in [-0.39, 0.29) is 17.0 Å². The van der Waals surface area contributed by atoms with E-state index >= 15 is 0 Å². The van der Waals surface area contributed by atoms with Crippen LogP contribution in [0.5, 0.6) is 0 Å². The largest absolute Gasteiger partial charge is 0.490 e. The lowest BCUT2D eigenvalue weighted by molar-refractivity contribution is -0.134. The molecule has 6 atom stereocenters. The summed E-state index contributed by atoms with van der Waals surface area (Å²) in [5.74, 6) is -0.812. The Labute approximate surface area is 183 Å². The number of ether oxygens (including phenoxy) is 1. The van der Waals surface area contributed by atoms with Gasteiger partial charge in [0.05, 0.1) is 19.0 Å². The Bertz CT molecular complexity index is 1180. The molecule has 0 amide bonds. The van der Waals surface area contributed by atoms with Crippen LogP contribution in [0.1, 0.15) is 13.2 Å². The molecule has 0 radical (unpaired) electrons. The van der Waals surface area contributed by atoms with E-state index in [1.807, 2.05) is 0 Å². The van der Waals surface area contributed by atoms with Crippen molar-refractivity contribution in [3.05, 3.63) is 12.7 Å². The lowest BCUT2D eigenvalue weighted by Gasteiger charge is -2.29. The summed E-state index contributed by atoms with van der Waals surface area (Å²) >= 11 is 0. The first kappa shape index (κ1) is 26.2. The molecule has 2 unspecified atom stereocenters. The van der Waals surface area contributed by atoms with E-state index in [0.717, 1.165) is 6.33 Å². The monoisotopic (exact) mass is 537 g/mol. The van der Waals surface area contributed by atoms with Gasteiger partial charge < -0.3 is 35.2 Å². The van der Waals surface area contributed by atoms with Gasteiger partial charge in [-0.2, -0.15) is 8.62 Å². The van der Waals surface area contributed by atoms with Crippen LogP contribution in [0, 0.1) is 5.92 Å². The van der Waals surface area contributed by atoms with Crippen molar-refractivity contribution < 1.29 is 60.6 Å². The fourth-order valence-electron chi connectivity index (χ4n) is 3.18. The quantitative estimate of drug-likeness (QED) is 0.230. The van der Waals surface area contributed by atoms with E-state index in [9.17, 15) is 33.0 Å². The number of nitrogens with two attached hydrogens (primary N) is 1. The van der Waals surface area contributed by atoms with E-state index in [0.29, 0.717) is 0 Å². The van der Waals surface area contributed by atoms with E-state index in [4.69, 9.17) is 20.3 Å². The number of anilines is 1. The van der Waals surface area contributed by atoms with Crippen LogP contribution in [0.4, 0.5) is 10.2 Å². The molecule has 186 valence electrons. The third-order valence-electron chi connectivity index (χ3n) is 4.62. The van der Waals surface area contributed by atoms with Crippen LogP contribution in [0.3, 0.4) is 0 Å². The molecule has 2 aromatic heterocycles. The molecule has 0 saturated carbocycles. The first-order chi connectivity index (χ1) is 15.1. The molecule has 1 saturated heterocycles. The molecule has 3 heterocycles. The fourth-order valence-corrected chi connectivity index (χ4v) is 6.26.